The number of rotatable bonds is 3. The second-order valence-corrected chi connectivity index (χ2v) is 2.92. The minimum absolute atomic E-state index is 0.337. The molecule has 0 aliphatic rings. The Morgan fingerprint density at radius 1 is 1.08 bits per heavy atom. The lowest BCUT2D eigenvalue weighted by atomic mass is 10.2. The van der Waals surface area contributed by atoms with Crippen LogP contribution in [0.4, 0.5) is 0 Å². The van der Waals surface area contributed by atoms with Gasteiger partial charge in [0.25, 0.3) is 11.8 Å². The molecule has 3 nitrogen and oxygen atoms in total. The summed E-state index contributed by atoms with van der Waals surface area (Å²) in [6, 6.07) is 0. The normalized spacial score (nSPS) is 9.15. The average molecular weight is 181 g/mol. The number of hydrogen-bond donors (Lipinski definition) is 0. The first kappa shape index (κ1) is 11.6. The summed E-state index contributed by atoms with van der Waals surface area (Å²) in [6.07, 6.45) is 0. The summed E-state index contributed by atoms with van der Waals surface area (Å²) in [6.45, 7) is 12.2. The molecular formula is C10H15NO2. The number of imide groups is 1. The zero-order valence-corrected chi connectivity index (χ0v) is 8.39. The van der Waals surface area contributed by atoms with Crippen LogP contribution in [0.15, 0.2) is 24.3 Å². The van der Waals surface area contributed by atoms with Gasteiger partial charge in [-0.1, -0.05) is 13.2 Å². The Hall–Kier alpha value is -1.38. The lowest BCUT2D eigenvalue weighted by Crippen LogP contribution is -2.37. The van der Waals surface area contributed by atoms with Gasteiger partial charge in [0.05, 0.1) is 0 Å². The van der Waals surface area contributed by atoms with E-state index in [-0.39, 0.29) is 11.8 Å². The van der Waals surface area contributed by atoms with Gasteiger partial charge in [-0.05, 0) is 20.8 Å². The van der Waals surface area contributed by atoms with Crippen molar-refractivity contribution in [2.24, 2.45) is 0 Å². The molecule has 0 spiro atoms. The molecule has 13 heavy (non-hydrogen) atoms. The van der Waals surface area contributed by atoms with Crippen molar-refractivity contribution in [2.75, 3.05) is 6.54 Å². The number of carbonyl (C=O) groups excluding carboxylic acids is 2. The predicted molar refractivity (Wildman–Crippen MR) is 52.0 cm³/mol. The molecule has 0 rings (SSSR count). The lowest BCUT2D eigenvalue weighted by Gasteiger charge is -2.18. The number of hydrogen-bond acceptors (Lipinski definition) is 2. The molecule has 0 aromatic rings. The zero-order chi connectivity index (χ0) is 10.6. The highest BCUT2D eigenvalue weighted by atomic mass is 16.2. The van der Waals surface area contributed by atoms with Gasteiger partial charge >= 0.3 is 0 Å². The van der Waals surface area contributed by atoms with Crippen molar-refractivity contribution in [3.63, 3.8) is 0 Å². The van der Waals surface area contributed by atoms with Gasteiger partial charge in [-0.15, -0.1) is 0 Å². The molecule has 0 saturated carbocycles. The Balaban J connectivity index is 4.71. The van der Waals surface area contributed by atoms with Gasteiger partial charge < -0.3 is 0 Å². The molecule has 3 heteroatoms. The number of likely N-dealkylation sites (N-methyl/N-ethyl adjacent to an activating group) is 1. The Labute approximate surface area is 78.7 Å². The highest BCUT2D eigenvalue weighted by molar-refractivity contribution is 6.08. The fourth-order valence-electron chi connectivity index (χ4n) is 0.840. The standard InChI is InChI=1S/C10H15NO2/c1-6-11(9(12)7(2)3)10(13)8(4)5/h2,4,6H2,1,3,5H3. The Kier molecular flexibility index (Phi) is 4.11. The number of nitrogens with zero attached hydrogens (tertiary/aromatic N) is 1. The second kappa shape index (κ2) is 4.60. The molecule has 0 heterocycles. The Morgan fingerprint density at radius 2 is 1.38 bits per heavy atom. The van der Waals surface area contributed by atoms with Crippen LogP contribution in [0.2, 0.25) is 0 Å². The van der Waals surface area contributed by atoms with Gasteiger partial charge in [0.1, 0.15) is 0 Å². The molecule has 0 aliphatic carbocycles. The highest BCUT2D eigenvalue weighted by Crippen LogP contribution is 2.03. The SMILES string of the molecule is C=C(C)C(=O)N(CC)C(=O)C(=C)C. The van der Waals surface area contributed by atoms with Gasteiger partial charge in [-0.2, -0.15) is 0 Å². The van der Waals surface area contributed by atoms with Crippen LogP contribution in [-0.2, 0) is 9.59 Å². The summed E-state index contributed by atoms with van der Waals surface area (Å²) in [7, 11) is 0. The van der Waals surface area contributed by atoms with Gasteiger partial charge in [0.15, 0.2) is 0 Å². The smallest absolute Gasteiger partial charge is 0.255 e. The summed E-state index contributed by atoms with van der Waals surface area (Å²) >= 11 is 0. The van der Waals surface area contributed by atoms with E-state index >= 15 is 0 Å². The summed E-state index contributed by atoms with van der Waals surface area (Å²) in [5, 5.41) is 0. The lowest BCUT2D eigenvalue weighted by molar-refractivity contribution is -0.139. The van der Waals surface area contributed by atoms with Gasteiger partial charge in [0.2, 0.25) is 0 Å². The van der Waals surface area contributed by atoms with Crippen LogP contribution in [0.5, 0.6) is 0 Å². The van der Waals surface area contributed by atoms with E-state index in [4.69, 9.17) is 0 Å². The van der Waals surface area contributed by atoms with E-state index in [2.05, 4.69) is 13.2 Å². The topological polar surface area (TPSA) is 37.4 Å². The van der Waals surface area contributed by atoms with Crippen LogP contribution in [0.25, 0.3) is 0 Å². The van der Waals surface area contributed by atoms with Gasteiger partial charge in [-0.25, -0.2) is 0 Å². The average Bonchev–Trinajstić information content (AvgIpc) is 2.04. The molecule has 0 aliphatic heterocycles. The van der Waals surface area contributed by atoms with Crippen molar-refractivity contribution < 1.29 is 9.59 Å². The second-order valence-electron chi connectivity index (χ2n) is 2.92. The third kappa shape index (κ3) is 2.86. The van der Waals surface area contributed by atoms with Crippen molar-refractivity contribution in [3.8, 4) is 0 Å². The number of carbonyl (C=O) groups is 2. The third-order valence-corrected chi connectivity index (χ3v) is 1.54. The fraction of sp³-hybridized carbons (Fsp3) is 0.400. The molecule has 0 aromatic heterocycles. The minimum atomic E-state index is -0.337. The Morgan fingerprint density at radius 3 is 1.54 bits per heavy atom. The van der Waals surface area contributed by atoms with Gasteiger partial charge in [0, 0.05) is 17.7 Å². The van der Waals surface area contributed by atoms with Crippen molar-refractivity contribution in [1.29, 1.82) is 0 Å². The van der Waals surface area contributed by atoms with Crippen LogP contribution in [-0.4, -0.2) is 23.3 Å². The molecule has 0 atom stereocenters. The summed E-state index contributed by atoms with van der Waals surface area (Å²) in [5.41, 5.74) is 0.716. The monoisotopic (exact) mass is 181 g/mol. The van der Waals surface area contributed by atoms with E-state index < -0.39 is 0 Å². The van der Waals surface area contributed by atoms with Crippen LogP contribution >= 0.6 is 0 Å². The summed E-state index contributed by atoms with van der Waals surface area (Å²) in [5.74, 6) is -0.675. The molecule has 0 bridgehead atoms. The molecule has 0 radical (unpaired) electrons. The molecule has 72 valence electrons. The van der Waals surface area contributed by atoms with E-state index in [0.29, 0.717) is 17.7 Å². The highest BCUT2D eigenvalue weighted by Gasteiger charge is 2.19. The fourth-order valence-corrected chi connectivity index (χ4v) is 0.840. The maximum atomic E-state index is 11.4. The Bertz CT molecular complexity index is 240. The first-order chi connectivity index (χ1) is 5.91. The first-order valence-corrected chi connectivity index (χ1v) is 4.09. The molecule has 0 fully saturated rings. The largest absolute Gasteiger partial charge is 0.275 e. The van der Waals surface area contributed by atoms with Gasteiger partial charge in [-0.3, -0.25) is 14.5 Å². The molecule has 0 unspecified atom stereocenters. The van der Waals surface area contributed by atoms with Crippen LogP contribution in [0, 0.1) is 0 Å². The molecular weight excluding hydrogens is 166 g/mol. The first-order valence-electron chi connectivity index (χ1n) is 4.09. The van der Waals surface area contributed by atoms with Crippen LogP contribution in [0.3, 0.4) is 0 Å². The maximum absolute atomic E-state index is 11.4. The zero-order valence-electron chi connectivity index (χ0n) is 8.39. The van der Waals surface area contributed by atoms with Crippen molar-refractivity contribution >= 4 is 11.8 Å². The number of amides is 2. The molecule has 0 N–H and O–H groups in total. The van der Waals surface area contributed by atoms with Crippen molar-refractivity contribution in [2.45, 2.75) is 20.8 Å². The maximum Gasteiger partial charge on any atom is 0.255 e. The van der Waals surface area contributed by atoms with E-state index in [9.17, 15) is 9.59 Å². The predicted octanol–water partition coefficient (Wildman–Crippen LogP) is 1.51. The van der Waals surface area contributed by atoms with Crippen LogP contribution < -0.4 is 0 Å². The van der Waals surface area contributed by atoms with E-state index in [1.54, 1.807) is 20.8 Å². The molecule has 0 saturated heterocycles. The minimum Gasteiger partial charge on any atom is -0.275 e. The van der Waals surface area contributed by atoms with E-state index in [1.807, 2.05) is 0 Å². The third-order valence-electron chi connectivity index (χ3n) is 1.54. The van der Waals surface area contributed by atoms with E-state index in [0.717, 1.165) is 4.90 Å². The summed E-state index contributed by atoms with van der Waals surface area (Å²) < 4.78 is 0. The quantitative estimate of drug-likeness (QED) is 0.619. The van der Waals surface area contributed by atoms with Crippen molar-refractivity contribution in [1.82, 2.24) is 4.90 Å². The molecule has 0 aromatic carbocycles. The summed E-state index contributed by atoms with van der Waals surface area (Å²) in [4.78, 5) is 23.9. The van der Waals surface area contributed by atoms with Crippen molar-refractivity contribution in [3.05, 3.63) is 24.3 Å². The van der Waals surface area contributed by atoms with E-state index in [1.165, 1.54) is 0 Å². The van der Waals surface area contributed by atoms with Crippen LogP contribution in [0.1, 0.15) is 20.8 Å². The molecule has 2 amide bonds.